The summed E-state index contributed by atoms with van der Waals surface area (Å²) in [7, 11) is 0. The Hall–Kier alpha value is -5.35. The van der Waals surface area contributed by atoms with E-state index in [4.69, 9.17) is 15.0 Å². The number of pyridine rings is 1. The minimum atomic E-state index is 0.726. The van der Waals surface area contributed by atoms with Gasteiger partial charge in [0, 0.05) is 44.7 Å². The van der Waals surface area contributed by atoms with Crippen LogP contribution in [-0.4, -0.2) is 19.5 Å². The van der Waals surface area contributed by atoms with Gasteiger partial charge in [0.25, 0.3) is 0 Å². The lowest BCUT2D eigenvalue weighted by molar-refractivity contribution is 1.11. The van der Waals surface area contributed by atoms with Gasteiger partial charge >= 0.3 is 0 Å². The smallest absolute Gasteiger partial charge is 0.160 e. The second-order valence-electron chi connectivity index (χ2n) is 9.74. The first kappa shape index (κ1) is 21.7. The van der Waals surface area contributed by atoms with Crippen molar-refractivity contribution in [3.8, 4) is 39.6 Å². The highest BCUT2D eigenvalue weighted by molar-refractivity contribution is 6.07. The molecule has 3 heterocycles. The summed E-state index contributed by atoms with van der Waals surface area (Å²) in [5.41, 5.74) is 9.26. The highest BCUT2D eigenvalue weighted by Crippen LogP contribution is 2.38. The molecule has 1 aromatic heterocycles. The molecule has 0 fully saturated rings. The van der Waals surface area contributed by atoms with Crippen molar-refractivity contribution in [3.63, 3.8) is 0 Å². The van der Waals surface area contributed by atoms with Crippen molar-refractivity contribution in [2.45, 2.75) is 0 Å². The molecule has 0 unspecified atom stereocenters. The maximum atomic E-state index is 5.09. The van der Waals surface area contributed by atoms with Crippen LogP contribution in [0, 0.1) is 0 Å². The molecule has 182 valence electrons. The predicted octanol–water partition coefficient (Wildman–Crippen LogP) is 8.56. The Labute approximate surface area is 225 Å². The van der Waals surface area contributed by atoms with E-state index in [1.54, 1.807) is 0 Å². The molecule has 2 aliphatic heterocycles. The van der Waals surface area contributed by atoms with Crippen molar-refractivity contribution in [2.24, 2.45) is 0 Å². The highest BCUT2D eigenvalue weighted by atomic mass is 15.0. The van der Waals surface area contributed by atoms with Crippen molar-refractivity contribution in [1.82, 2.24) is 19.5 Å². The van der Waals surface area contributed by atoms with Gasteiger partial charge in [0.2, 0.25) is 0 Å². The SMILES string of the molecule is c1ccc(-c2nc(-c3ccccc3)c3cc(-n4cc5c6ccccc6nc-5c5ccccc54)ccc3n2)cc1. The second kappa shape index (κ2) is 8.61. The van der Waals surface area contributed by atoms with Crippen molar-refractivity contribution < 1.29 is 0 Å². The van der Waals surface area contributed by atoms with Crippen molar-refractivity contribution in [2.75, 3.05) is 0 Å². The first-order valence-corrected chi connectivity index (χ1v) is 13.0. The quantitative estimate of drug-likeness (QED) is 0.245. The Morgan fingerprint density at radius 1 is 0.462 bits per heavy atom. The Bertz CT molecular complexity index is 2110. The normalized spacial score (nSPS) is 11.6. The number of rotatable bonds is 3. The molecule has 5 aromatic carbocycles. The molecule has 4 nitrogen and oxygen atoms in total. The van der Waals surface area contributed by atoms with Crippen molar-refractivity contribution in [1.29, 1.82) is 0 Å². The zero-order chi connectivity index (χ0) is 25.8. The van der Waals surface area contributed by atoms with Crippen LogP contribution in [0.4, 0.5) is 0 Å². The van der Waals surface area contributed by atoms with Crippen LogP contribution in [0.25, 0.3) is 72.3 Å². The van der Waals surface area contributed by atoms with E-state index < -0.39 is 0 Å². The summed E-state index contributed by atoms with van der Waals surface area (Å²) in [6.45, 7) is 0. The molecule has 0 saturated carbocycles. The second-order valence-corrected chi connectivity index (χ2v) is 9.74. The average molecular weight is 499 g/mol. The third kappa shape index (κ3) is 3.50. The molecule has 6 aromatic rings. The summed E-state index contributed by atoms with van der Waals surface area (Å²) < 4.78 is 2.27. The topological polar surface area (TPSA) is 43.6 Å². The third-order valence-electron chi connectivity index (χ3n) is 7.40. The van der Waals surface area contributed by atoms with Gasteiger partial charge in [0.05, 0.1) is 27.9 Å². The molecule has 8 rings (SSSR count). The van der Waals surface area contributed by atoms with E-state index >= 15 is 0 Å². The highest BCUT2D eigenvalue weighted by Gasteiger charge is 2.19. The molecular weight excluding hydrogens is 476 g/mol. The first-order valence-electron chi connectivity index (χ1n) is 13.0. The summed E-state index contributed by atoms with van der Waals surface area (Å²) in [6, 6.07) is 43.8. The van der Waals surface area contributed by atoms with Crippen molar-refractivity contribution in [3.05, 3.63) is 134 Å². The van der Waals surface area contributed by atoms with Gasteiger partial charge in [0.1, 0.15) is 0 Å². The fourth-order valence-electron chi connectivity index (χ4n) is 5.54. The van der Waals surface area contributed by atoms with Crippen LogP contribution in [0.3, 0.4) is 0 Å². The van der Waals surface area contributed by atoms with Gasteiger partial charge in [0.15, 0.2) is 5.82 Å². The van der Waals surface area contributed by atoms with Gasteiger partial charge in [-0.05, 0) is 30.3 Å². The van der Waals surface area contributed by atoms with E-state index in [0.717, 1.165) is 72.3 Å². The Morgan fingerprint density at radius 2 is 1.13 bits per heavy atom. The summed E-state index contributed by atoms with van der Waals surface area (Å²) in [4.78, 5) is 15.1. The van der Waals surface area contributed by atoms with Crippen LogP contribution in [-0.2, 0) is 0 Å². The summed E-state index contributed by atoms with van der Waals surface area (Å²) in [6.07, 6.45) is 2.22. The van der Waals surface area contributed by atoms with E-state index in [1.807, 2.05) is 30.3 Å². The molecule has 0 amide bonds. The molecule has 2 aliphatic rings. The Morgan fingerprint density at radius 3 is 1.95 bits per heavy atom. The number of nitrogens with zero attached hydrogens (tertiary/aromatic N) is 4. The van der Waals surface area contributed by atoms with Gasteiger partial charge in [-0.1, -0.05) is 97.1 Å². The largest absolute Gasteiger partial charge is 0.316 e. The van der Waals surface area contributed by atoms with Crippen LogP contribution < -0.4 is 0 Å². The predicted molar refractivity (Wildman–Crippen MR) is 159 cm³/mol. The molecule has 4 heteroatoms. The van der Waals surface area contributed by atoms with Crippen LogP contribution in [0.1, 0.15) is 0 Å². The maximum Gasteiger partial charge on any atom is 0.160 e. The molecule has 39 heavy (non-hydrogen) atoms. The third-order valence-corrected chi connectivity index (χ3v) is 7.40. The van der Waals surface area contributed by atoms with Gasteiger partial charge in [-0.2, -0.15) is 0 Å². The fourth-order valence-corrected chi connectivity index (χ4v) is 5.54. The fraction of sp³-hybridized carbons (Fsp3) is 0. The van der Waals surface area contributed by atoms with Crippen molar-refractivity contribution >= 4 is 32.7 Å². The van der Waals surface area contributed by atoms with Gasteiger partial charge < -0.3 is 4.57 Å². The molecule has 0 N–H and O–H groups in total. The number of fused-ring (bicyclic) bond motifs is 6. The zero-order valence-corrected chi connectivity index (χ0v) is 21.0. The summed E-state index contributed by atoms with van der Waals surface area (Å²) in [5.74, 6) is 0.726. The standard InChI is InChI=1S/C35H22N4/c1-3-11-23(12-4-1)33-28-21-25(19-20-31(28)37-35(38-33)24-13-5-2-6-14-24)39-22-29-26-15-7-9-17-30(26)36-34(29)27-16-8-10-18-32(27)39/h1-22H. The number of hydrogen-bond donors (Lipinski definition) is 0. The summed E-state index contributed by atoms with van der Waals surface area (Å²) in [5, 5.41) is 3.31. The van der Waals surface area contributed by atoms with Gasteiger partial charge in [-0.3, -0.25) is 0 Å². The van der Waals surface area contributed by atoms with Crippen LogP contribution in [0.5, 0.6) is 0 Å². The lowest BCUT2D eigenvalue weighted by Crippen LogP contribution is -2.01. The zero-order valence-electron chi connectivity index (χ0n) is 21.0. The van der Waals surface area contributed by atoms with Gasteiger partial charge in [-0.15, -0.1) is 0 Å². The lowest BCUT2D eigenvalue weighted by Gasteiger charge is -2.16. The van der Waals surface area contributed by atoms with Gasteiger partial charge in [-0.25, -0.2) is 15.0 Å². The van der Waals surface area contributed by atoms with E-state index in [2.05, 4.69) is 108 Å². The van der Waals surface area contributed by atoms with E-state index in [0.29, 0.717) is 0 Å². The monoisotopic (exact) mass is 498 g/mol. The van der Waals surface area contributed by atoms with E-state index in [1.165, 1.54) is 0 Å². The minimum absolute atomic E-state index is 0.726. The Balaban J connectivity index is 1.42. The maximum absolute atomic E-state index is 5.09. The molecular formula is C35H22N4. The van der Waals surface area contributed by atoms with E-state index in [-0.39, 0.29) is 0 Å². The van der Waals surface area contributed by atoms with Crippen LogP contribution >= 0.6 is 0 Å². The number of hydrogen-bond acceptors (Lipinski definition) is 3. The Kier molecular flexibility index (Phi) is 4.79. The van der Waals surface area contributed by atoms with Crippen LogP contribution in [0.15, 0.2) is 134 Å². The summed E-state index contributed by atoms with van der Waals surface area (Å²) >= 11 is 0. The molecule has 0 radical (unpaired) electrons. The minimum Gasteiger partial charge on any atom is -0.316 e. The number of aromatic nitrogens is 4. The average Bonchev–Trinajstić information content (AvgIpc) is 3.40. The molecule has 0 spiro atoms. The molecule has 0 atom stereocenters. The first-order chi connectivity index (χ1) is 19.3. The van der Waals surface area contributed by atoms with Crippen LogP contribution in [0.2, 0.25) is 0 Å². The number of para-hydroxylation sites is 2. The number of benzene rings is 5. The molecule has 0 saturated heterocycles. The lowest BCUT2D eigenvalue weighted by atomic mass is 10.0. The molecule has 0 bridgehead atoms. The molecule has 0 aliphatic carbocycles. The van der Waals surface area contributed by atoms with E-state index in [9.17, 15) is 0 Å².